The van der Waals surface area contributed by atoms with Gasteiger partial charge in [-0.25, -0.2) is 9.59 Å². The van der Waals surface area contributed by atoms with Gasteiger partial charge in [-0.05, 0) is 53.8 Å². The van der Waals surface area contributed by atoms with Crippen molar-refractivity contribution >= 4 is 79.6 Å². The molecule has 0 atom stereocenters. The van der Waals surface area contributed by atoms with Crippen molar-refractivity contribution in [3.8, 4) is 28.0 Å². The van der Waals surface area contributed by atoms with Gasteiger partial charge < -0.3 is 25.6 Å². The standard InChI is InChI=1S/C21H19NO4S.C20H15Cl2NO3S/c1-26-16-10-8-15(9-11-16)17-13-27-20(19(17)21(24)25)22-18(23)12-7-14-5-3-2-4-6-14;21-13-7-8-14(16(22)10-13)15-11-27-19(18(15)20(25)26)23-17(24)9-6-12-4-2-1-3-5-12/h2-6,8-11,13H,7,12H2,1H3,(H,22,23)(H,24,25);1-5,7-8,10-11H,6,9H2,(H,23,24)(H,25,26). The fraction of sp³-hybridized carbons (Fsp3) is 0.122. The smallest absolute Gasteiger partial charge is 0.339 e. The minimum Gasteiger partial charge on any atom is -0.497 e. The number of thiophene rings is 2. The molecule has 6 aromatic rings. The summed E-state index contributed by atoms with van der Waals surface area (Å²) < 4.78 is 5.13. The Kier molecular flexibility index (Phi) is 14.0. The molecular formula is C41H34Cl2N2O7S2. The third kappa shape index (κ3) is 10.6. The number of carbonyl (C=O) groups is 4. The Morgan fingerprint density at radius 3 is 1.57 bits per heavy atom. The van der Waals surface area contributed by atoms with Gasteiger partial charge in [-0.1, -0.05) is 102 Å². The molecule has 0 spiro atoms. The van der Waals surface area contributed by atoms with Crippen molar-refractivity contribution in [1.82, 2.24) is 0 Å². The Morgan fingerprint density at radius 1 is 0.630 bits per heavy atom. The summed E-state index contributed by atoms with van der Waals surface area (Å²) in [6.07, 6.45) is 1.74. The van der Waals surface area contributed by atoms with E-state index < -0.39 is 11.9 Å². The molecule has 0 bridgehead atoms. The largest absolute Gasteiger partial charge is 0.497 e. The number of carboxylic acid groups (broad SMARTS) is 2. The molecule has 0 aliphatic rings. The van der Waals surface area contributed by atoms with Crippen molar-refractivity contribution in [1.29, 1.82) is 0 Å². The van der Waals surface area contributed by atoms with E-state index in [1.165, 1.54) is 11.3 Å². The minimum atomic E-state index is -1.13. The number of hydrogen-bond acceptors (Lipinski definition) is 7. The zero-order chi connectivity index (χ0) is 38.6. The normalized spacial score (nSPS) is 10.5. The number of carboxylic acids is 2. The summed E-state index contributed by atoms with van der Waals surface area (Å²) in [5.41, 5.74) is 4.59. The van der Waals surface area contributed by atoms with Crippen LogP contribution in [0.2, 0.25) is 10.0 Å². The first-order chi connectivity index (χ1) is 26.0. The zero-order valence-electron chi connectivity index (χ0n) is 28.8. The number of halogens is 2. The molecule has 6 rings (SSSR count). The van der Waals surface area contributed by atoms with Gasteiger partial charge in [0.25, 0.3) is 0 Å². The zero-order valence-corrected chi connectivity index (χ0v) is 32.0. The maximum Gasteiger partial charge on any atom is 0.339 e. The minimum absolute atomic E-state index is 0.0253. The van der Waals surface area contributed by atoms with Gasteiger partial charge in [0.1, 0.15) is 26.9 Å². The number of anilines is 2. The van der Waals surface area contributed by atoms with Crippen LogP contribution in [-0.2, 0) is 22.4 Å². The Bertz CT molecular complexity index is 2240. The van der Waals surface area contributed by atoms with E-state index in [0.717, 1.165) is 28.0 Å². The second-order valence-corrected chi connectivity index (χ2v) is 14.3. The van der Waals surface area contributed by atoms with E-state index in [9.17, 15) is 29.4 Å². The highest BCUT2D eigenvalue weighted by Gasteiger charge is 2.23. The molecule has 2 amide bonds. The summed E-state index contributed by atoms with van der Waals surface area (Å²) in [7, 11) is 1.57. The molecule has 276 valence electrons. The second-order valence-electron chi connectivity index (χ2n) is 11.7. The molecule has 2 aromatic heterocycles. The first-order valence-electron chi connectivity index (χ1n) is 16.5. The topological polar surface area (TPSA) is 142 Å². The van der Waals surface area contributed by atoms with Gasteiger partial charge in [0.15, 0.2) is 0 Å². The lowest BCUT2D eigenvalue weighted by Crippen LogP contribution is -2.14. The van der Waals surface area contributed by atoms with Gasteiger partial charge in [-0.15, -0.1) is 22.7 Å². The van der Waals surface area contributed by atoms with Gasteiger partial charge >= 0.3 is 11.9 Å². The van der Waals surface area contributed by atoms with Crippen LogP contribution in [0.1, 0.15) is 44.7 Å². The highest BCUT2D eigenvalue weighted by molar-refractivity contribution is 7.15. The lowest BCUT2D eigenvalue weighted by Gasteiger charge is -2.07. The van der Waals surface area contributed by atoms with Gasteiger partial charge in [0.05, 0.1) is 7.11 Å². The summed E-state index contributed by atoms with van der Waals surface area (Å²) in [5, 5.41) is 29.6. The number of benzene rings is 4. The van der Waals surface area contributed by atoms with Crippen LogP contribution in [0.5, 0.6) is 5.75 Å². The number of aromatic carboxylic acids is 2. The van der Waals surface area contributed by atoms with Crippen molar-refractivity contribution < 1.29 is 34.1 Å². The molecular weight excluding hydrogens is 767 g/mol. The molecule has 0 saturated heterocycles. The van der Waals surface area contributed by atoms with Crippen molar-refractivity contribution in [3.63, 3.8) is 0 Å². The maximum atomic E-state index is 12.3. The summed E-state index contributed by atoms with van der Waals surface area (Å²) in [6.45, 7) is 0. The average Bonchev–Trinajstić information content (AvgIpc) is 3.79. The van der Waals surface area contributed by atoms with Crippen LogP contribution in [-0.4, -0.2) is 41.1 Å². The van der Waals surface area contributed by atoms with Gasteiger partial charge in [0, 0.05) is 50.3 Å². The van der Waals surface area contributed by atoms with E-state index in [2.05, 4.69) is 10.6 Å². The molecule has 4 N–H and O–H groups in total. The van der Waals surface area contributed by atoms with E-state index in [1.807, 2.05) is 60.7 Å². The third-order valence-corrected chi connectivity index (χ3v) is 10.4. The quantitative estimate of drug-likeness (QED) is 0.0911. The number of carbonyl (C=O) groups excluding carboxylic acids is 2. The number of amides is 2. The van der Waals surface area contributed by atoms with Crippen LogP contribution in [0, 0.1) is 0 Å². The van der Waals surface area contributed by atoms with Crippen LogP contribution in [0.4, 0.5) is 10.0 Å². The first-order valence-corrected chi connectivity index (χ1v) is 19.0. The van der Waals surface area contributed by atoms with Crippen molar-refractivity contribution in [3.05, 3.63) is 146 Å². The molecule has 0 aliphatic heterocycles. The van der Waals surface area contributed by atoms with Crippen molar-refractivity contribution in [2.75, 3.05) is 17.7 Å². The predicted octanol–water partition coefficient (Wildman–Crippen LogP) is 10.7. The molecule has 0 aliphatic carbocycles. The van der Waals surface area contributed by atoms with E-state index in [4.69, 9.17) is 27.9 Å². The highest BCUT2D eigenvalue weighted by Crippen LogP contribution is 2.40. The van der Waals surface area contributed by atoms with E-state index in [-0.39, 0.29) is 29.4 Å². The molecule has 0 saturated carbocycles. The molecule has 0 fully saturated rings. The first kappa shape index (κ1) is 39.7. The molecule has 9 nitrogen and oxygen atoms in total. The Hall–Kier alpha value is -5.46. The fourth-order valence-corrected chi connectivity index (χ4v) is 7.85. The lowest BCUT2D eigenvalue weighted by atomic mass is 10.0. The van der Waals surface area contributed by atoms with E-state index >= 15 is 0 Å². The molecule has 2 heterocycles. The number of ether oxygens (including phenoxy) is 1. The average molecular weight is 802 g/mol. The summed E-state index contributed by atoms with van der Waals surface area (Å²) in [5.74, 6) is -1.95. The summed E-state index contributed by atoms with van der Waals surface area (Å²) in [6, 6.07) is 31.4. The lowest BCUT2D eigenvalue weighted by molar-refractivity contribution is -0.117. The number of rotatable bonds is 13. The predicted molar refractivity (Wildman–Crippen MR) is 217 cm³/mol. The highest BCUT2D eigenvalue weighted by atomic mass is 35.5. The second kappa shape index (κ2) is 19.0. The van der Waals surface area contributed by atoms with Crippen molar-refractivity contribution in [2.45, 2.75) is 25.7 Å². The van der Waals surface area contributed by atoms with Crippen LogP contribution in [0.25, 0.3) is 22.3 Å². The number of hydrogen-bond donors (Lipinski definition) is 4. The fourth-order valence-electron chi connectivity index (χ4n) is 5.40. The Morgan fingerprint density at radius 2 is 1.11 bits per heavy atom. The van der Waals surface area contributed by atoms with Crippen LogP contribution in [0.15, 0.2) is 114 Å². The van der Waals surface area contributed by atoms with Gasteiger partial charge in [-0.2, -0.15) is 0 Å². The van der Waals surface area contributed by atoms with Crippen molar-refractivity contribution in [2.24, 2.45) is 0 Å². The molecule has 0 unspecified atom stereocenters. The van der Waals surface area contributed by atoms with Gasteiger partial charge in [-0.3, -0.25) is 9.59 Å². The number of aryl methyl sites for hydroxylation is 2. The molecule has 13 heteroatoms. The van der Waals surface area contributed by atoms with Crippen LogP contribution < -0.4 is 15.4 Å². The Labute approximate surface area is 329 Å². The number of nitrogens with one attached hydrogen (secondary N) is 2. The molecule has 0 radical (unpaired) electrons. The van der Waals surface area contributed by atoms with Crippen LogP contribution >= 0.6 is 45.9 Å². The van der Waals surface area contributed by atoms with Crippen LogP contribution in [0.3, 0.4) is 0 Å². The third-order valence-electron chi connectivity index (χ3n) is 8.11. The number of methoxy groups -OCH3 is 1. The molecule has 4 aromatic carbocycles. The summed E-state index contributed by atoms with van der Waals surface area (Å²) in [4.78, 5) is 48.1. The summed E-state index contributed by atoms with van der Waals surface area (Å²) >= 11 is 14.5. The van der Waals surface area contributed by atoms with Gasteiger partial charge in [0.2, 0.25) is 11.8 Å². The SMILES string of the molecule is COc1ccc(-c2csc(NC(=O)CCc3ccccc3)c2C(=O)O)cc1.O=C(CCc1ccccc1)Nc1scc(-c2ccc(Cl)cc2Cl)c1C(=O)O. The monoisotopic (exact) mass is 800 g/mol. The van der Waals surface area contributed by atoms with E-state index in [1.54, 1.807) is 60.3 Å². The Balaban J connectivity index is 0.000000208. The molecule has 54 heavy (non-hydrogen) atoms. The maximum absolute atomic E-state index is 12.3. The van der Waals surface area contributed by atoms with E-state index in [0.29, 0.717) is 61.7 Å².